The lowest BCUT2D eigenvalue weighted by molar-refractivity contribution is -0.268. The molecule has 3 rings (SSSR count). The molecule has 0 spiro atoms. The summed E-state index contributed by atoms with van der Waals surface area (Å²) in [6.07, 6.45) is 0.472. The number of carboxylic acid groups (broad SMARTS) is 1. The van der Waals surface area contributed by atoms with Crippen molar-refractivity contribution in [3.63, 3.8) is 0 Å². The monoisotopic (exact) mass is 368 g/mol. The average Bonchev–Trinajstić information content (AvgIpc) is 3.03. The van der Waals surface area contributed by atoms with Gasteiger partial charge in [0.15, 0.2) is 0 Å². The molecule has 1 fully saturated rings. The van der Waals surface area contributed by atoms with Gasteiger partial charge in [-0.05, 0) is 24.1 Å². The first-order chi connectivity index (χ1) is 12.9. The molecule has 0 aromatic heterocycles. The van der Waals surface area contributed by atoms with Gasteiger partial charge in [-0.15, -0.1) is 0 Å². The quantitative estimate of drug-likeness (QED) is 0.757. The lowest BCUT2D eigenvalue weighted by Crippen LogP contribution is -2.16. The van der Waals surface area contributed by atoms with Gasteiger partial charge < -0.3 is 20.3 Å². The number of ether oxygens (including phenoxy) is 1. The molecule has 7 heteroatoms. The van der Waals surface area contributed by atoms with Crippen LogP contribution in [0.3, 0.4) is 0 Å². The summed E-state index contributed by atoms with van der Waals surface area (Å²) in [7, 11) is 0. The molecule has 1 aliphatic heterocycles. The number of esters is 1. The number of rotatable bonds is 6. The summed E-state index contributed by atoms with van der Waals surface area (Å²) in [5.74, 6) is -2.68. The number of carbonyl (C=O) groups excluding carboxylic acids is 2. The highest BCUT2D eigenvalue weighted by molar-refractivity contribution is 5.95. The molecule has 2 aromatic carbocycles. The lowest BCUT2D eigenvalue weighted by atomic mass is 9.91. The van der Waals surface area contributed by atoms with Crippen molar-refractivity contribution >= 4 is 23.5 Å². The van der Waals surface area contributed by atoms with Crippen molar-refractivity contribution in [1.82, 2.24) is 0 Å². The number of carboxylic acids is 1. The second kappa shape index (κ2) is 7.90. The van der Waals surface area contributed by atoms with Crippen molar-refractivity contribution in [3.8, 4) is 5.75 Å². The van der Waals surface area contributed by atoms with E-state index in [-0.39, 0.29) is 42.4 Å². The summed E-state index contributed by atoms with van der Waals surface area (Å²) < 4.78 is 5.40. The molecule has 0 unspecified atom stereocenters. The predicted octanol–water partition coefficient (Wildman–Crippen LogP) is 2.48. The van der Waals surface area contributed by atoms with Crippen LogP contribution in [-0.2, 0) is 14.3 Å². The van der Waals surface area contributed by atoms with Gasteiger partial charge in [0.1, 0.15) is 6.10 Å². The number of benzene rings is 2. The van der Waals surface area contributed by atoms with E-state index in [2.05, 4.69) is 5.32 Å². The Labute approximate surface area is 155 Å². The van der Waals surface area contributed by atoms with Gasteiger partial charge in [0.2, 0.25) is 5.91 Å². The standard InChI is InChI=1S/C20H19NO6/c22-16-8-7-14(11-15(16)20(25)26)21-17(23)9-6-13-10-18(24)27-19(13)12-4-2-1-3-5-12/h1-5,7-8,11,13,19,22H,6,9-10H2,(H,21,23)(H,25,26)/p-1/t13-,19-/m0/s1. The third-order valence-electron chi connectivity index (χ3n) is 4.48. The van der Waals surface area contributed by atoms with Gasteiger partial charge in [0.05, 0.1) is 12.0 Å². The van der Waals surface area contributed by atoms with Crippen molar-refractivity contribution in [2.45, 2.75) is 25.4 Å². The number of anilines is 1. The van der Waals surface area contributed by atoms with Crippen molar-refractivity contribution in [2.75, 3.05) is 5.32 Å². The van der Waals surface area contributed by atoms with Crippen molar-refractivity contribution in [2.24, 2.45) is 5.92 Å². The van der Waals surface area contributed by atoms with Gasteiger partial charge in [-0.2, -0.15) is 0 Å². The second-order valence-corrected chi connectivity index (χ2v) is 6.39. The van der Waals surface area contributed by atoms with Crippen molar-refractivity contribution in [1.29, 1.82) is 0 Å². The average molecular weight is 368 g/mol. The fourth-order valence-corrected chi connectivity index (χ4v) is 3.16. The van der Waals surface area contributed by atoms with Crippen LogP contribution in [0.5, 0.6) is 5.75 Å². The van der Waals surface area contributed by atoms with Crippen LogP contribution in [0.4, 0.5) is 5.69 Å². The molecule has 0 saturated carbocycles. The number of carbonyl (C=O) groups is 3. The number of cyclic esters (lactones) is 1. The summed E-state index contributed by atoms with van der Waals surface area (Å²) >= 11 is 0. The molecule has 7 nitrogen and oxygen atoms in total. The molecule has 1 amide bonds. The number of hydrogen-bond acceptors (Lipinski definition) is 5. The maximum atomic E-state index is 12.2. The normalized spacial score (nSPS) is 18.7. The zero-order chi connectivity index (χ0) is 19.4. The van der Waals surface area contributed by atoms with E-state index in [1.165, 1.54) is 6.07 Å². The van der Waals surface area contributed by atoms with Gasteiger partial charge in [0.25, 0.3) is 0 Å². The zero-order valence-electron chi connectivity index (χ0n) is 14.4. The minimum absolute atomic E-state index is 0.107. The molecule has 1 saturated heterocycles. The summed E-state index contributed by atoms with van der Waals surface area (Å²) in [6, 6.07) is 13.0. The second-order valence-electron chi connectivity index (χ2n) is 6.39. The Hall–Kier alpha value is -3.35. The Balaban J connectivity index is 1.61. The third kappa shape index (κ3) is 4.44. The molecular formula is C20H18NO6-. The van der Waals surface area contributed by atoms with Gasteiger partial charge in [0, 0.05) is 18.0 Å². The van der Waals surface area contributed by atoms with E-state index in [4.69, 9.17) is 9.84 Å². The number of hydrogen-bond donors (Lipinski definition) is 2. The SMILES string of the molecule is O=C(CC[C@H]1CC(=O)O[C@H]1c1ccccc1)Nc1ccc([O-])c(C(=O)O)c1. The van der Waals surface area contributed by atoms with Crippen LogP contribution >= 0.6 is 0 Å². The first-order valence-corrected chi connectivity index (χ1v) is 8.52. The van der Waals surface area contributed by atoms with Gasteiger partial charge >= 0.3 is 11.9 Å². The van der Waals surface area contributed by atoms with Crippen LogP contribution < -0.4 is 10.4 Å². The van der Waals surface area contributed by atoms with Gasteiger partial charge in [-0.25, -0.2) is 4.79 Å². The van der Waals surface area contributed by atoms with E-state index >= 15 is 0 Å². The van der Waals surface area contributed by atoms with Crippen LogP contribution in [0.2, 0.25) is 0 Å². The maximum Gasteiger partial charge on any atom is 0.335 e. The Bertz CT molecular complexity index is 864. The molecule has 0 radical (unpaired) electrons. The molecule has 27 heavy (non-hydrogen) atoms. The number of aromatic carboxylic acids is 1. The van der Waals surface area contributed by atoms with Gasteiger partial charge in [-0.3, -0.25) is 9.59 Å². The summed E-state index contributed by atoms with van der Waals surface area (Å²) in [5.41, 5.74) is 0.744. The molecule has 1 heterocycles. The summed E-state index contributed by atoms with van der Waals surface area (Å²) in [4.78, 5) is 34.9. The fourth-order valence-electron chi connectivity index (χ4n) is 3.16. The molecule has 1 aliphatic rings. The molecule has 2 N–H and O–H groups in total. The minimum Gasteiger partial charge on any atom is -0.872 e. The fraction of sp³-hybridized carbons (Fsp3) is 0.250. The van der Waals surface area contributed by atoms with E-state index in [0.29, 0.717) is 6.42 Å². The largest absolute Gasteiger partial charge is 0.872 e. The zero-order valence-corrected chi connectivity index (χ0v) is 14.4. The minimum atomic E-state index is -1.34. The Morgan fingerprint density at radius 3 is 2.63 bits per heavy atom. The van der Waals surface area contributed by atoms with E-state index in [1.54, 1.807) is 0 Å². The number of amides is 1. The third-order valence-corrected chi connectivity index (χ3v) is 4.48. The highest BCUT2D eigenvalue weighted by Gasteiger charge is 2.35. The van der Waals surface area contributed by atoms with Crippen molar-refractivity contribution < 1.29 is 29.3 Å². The first kappa shape index (κ1) is 18.4. The Morgan fingerprint density at radius 2 is 1.93 bits per heavy atom. The Kier molecular flexibility index (Phi) is 5.40. The van der Waals surface area contributed by atoms with Crippen LogP contribution in [-0.4, -0.2) is 23.0 Å². The lowest BCUT2D eigenvalue weighted by Gasteiger charge is -2.18. The first-order valence-electron chi connectivity index (χ1n) is 8.52. The van der Waals surface area contributed by atoms with Crippen LogP contribution in [0.1, 0.15) is 41.3 Å². The highest BCUT2D eigenvalue weighted by atomic mass is 16.5. The Morgan fingerprint density at radius 1 is 1.19 bits per heavy atom. The molecule has 140 valence electrons. The van der Waals surface area contributed by atoms with Crippen LogP contribution in [0, 0.1) is 5.92 Å². The predicted molar refractivity (Wildman–Crippen MR) is 94.1 cm³/mol. The van der Waals surface area contributed by atoms with E-state index < -0.39 is 17.3 Å². The maximum absolute atomic E-state index is 12.2. The number of nitrogens with one attached hydrogen (secondary N) is 1. The summed E-state index contributed by atoms with van der Waals surface area (Å²) in [5, 5.41) is 23.0. The van der Waals surface area contributed by atoms with Crippen LogP contribution in [0.25, 0.3) is 0 Å². The molecule has 0 bridgehead atoms. The van der Waals surface area contributed by atoms with Gasteiger partial charge in [-0.1, -0.05) is 42.1 Å². The highest BCUT2D eigenvalue weighted by Crippen LogP contribution is 2.38. The topological polar surface area (TPSA) is 116 Å². The van der Waals surface area contributed by atoms with Crippen LogP contribution in [0.15, 0.2) is 48.5 Å². The molecular weight excluding hydrogens is 350 g/mol. The van der Waals surface area contributed by atoms with E-state index in [1.807, 2.05) is 30.3 Å². The van der Waals surface area contributed by atoms with Crippen molar-refractivity contribution in [3.05, 3.63) is 59.7 Å². The molecule has 2 aromatic rings. The molecule has 0 aliphatic carbocycles. The smallest absolute Gasteiger partial charge is 0.335 e. The van der Waals surface area contributed by atoms with E-state index in [9.17, 15) is 19.5 Å². The summed E-state index contributed by atoms with van der Waals surface area (Å²) in [6.45, 7) is 0. The van der Waals surface area contributed by atoms with E-state index in [0.717, 1.165) is 17.7 Å². The molecule has 2 atom stereocenters.